The minimum Gasteiger partial charge on any atom is -0.311 e. The molecule has 0 unspecified atom stereocenters. The van der Waals surface area contributed by atoms with E-state index in [1.165, 1.54) is 42.6 Å². The zero-order valence-corrected chi connectivity index (χ0v) is 61.0. The van der Waals surface area contributed by atoms with Crippen LogP contribution in [0.15, 0.2) is 428 Å². The summed E-state index contributed by atoms with van der Waals surface area (Å²) in [6, 6.07) is 156. The molecule has 0 aromatic heterocycles. The Bertz CT molecular complexity index is 6300. The Balaban J connectivity index is 0.913. The van der Waals surface area contributed by atoms with E-state index in [0.29, 0.717) is 0 Å². The average molecular weight is 1420 g/mol. The summed E-state index contributed by atoms with van der Waals surface area (Å²) in [4.78, 5) is 15.4. The fraction of sp³-hybridized carbons (Fsp3) is 0. The summed E-state index contributed by atoms with van der Waals surface area (Å²) in [7, 11) is 0. The van der Waals surface area contributed by atoms with Gasteiger partial charge >= 0.3 is 0 Å². The first kappa shape index (κ1) is 64.6. The first-order chi connectivity index (χ1) is 54.6. The van der Waals surface area contributed by atoms with E-state index in [2.05, 4.69) is 443 Å². The van der Waals surface area contributed by atoms with Gasteiger partial charge in [0.15, 0.2) is 0 Å². The van der Waals surface area contributed by atoms with Gasteiger partial charge in [-0.1, -0.05) is 339 Å². The molecular formula is C102H69B2N5S. The molecule has 0 spiro atoms. The van der Waals surface area contributed by atoms with Gasteiger partial charge in [0.05, 0.1) is 28.4 Å². The lowest BCUT2D eigenvalue weighted by molar-refractivity contribution is 1.21. The Morgan fingerprint density at radius 1 is 0.209 bits per heavy atom. The van der Waals surface area contributed by atoms with Gasteiger partial charge in [-0.05, 0) is 152 Å². The largest absolute Gasteiger partial charge is 0.311 e. The summed E-state index contributed by atoms with van der Waals surface area (Å²) < 4.78 is 0. The molecule has 4 aliphatic heterocycles. The number of hydrogen-bond acceptors (Lipinski definition) is 6. The number of anilines is 15. The standard InChI is InChI=1S/C102H69B2N5S/c1-9-36-70(37-10-1)80-52-25-30-59-89(80)105(75-46-19-6-20-47-75)78-64-95-100-96(65-78)109(102-83(73-42-15-4-16-43-73)55-35-56-84(102)74-44-17-5-18-45-74)94-69-93-87(68-88(94)103(100)85-57-28-33-62-92(85)108(95)91-61-32-27-54-82(91)72-40-13-3-14-41-72)104-86-58-29-34-63-98(86)110-99-67-79(66-97(101(99)104)107(93)77-50-23-8-24-51-77)106(76-48-21-7-22-49-76)90-60-31-26-53-81(90)71-38-11-2-12-39-71/h1-69H. The smallest absolute Gasteiger partial charge is 0.252 e. The Morgan fingerprint density at radius 3 is 1.12 bits per heavy atom. The highest BCUT2D eigenvalue weighted by atomic mass is 32.2. The quantitative estimate of drug-likeness (QED) is 0.100. The molecule has 0 aliphatic carbocycles. The second-order valence-corrected chi connectivity index (χ2v) is 29.7. The fourth-order valence-corrected chi connectivity index (χ4v) is 19.0. The zero-order chi connectivity index (χ0) is 72.6. The normalized spacial score (nSPS) is 12.6. The summed E-state index contributed by atoms with van der Waals surface area (Å²) in [5.41, 5.74) is 35.0. The van der Waals surface area contributed by atoms with Gasteiger partial charge in [-0.3, -0.25) is 0 Å². The molecule has 0 saturated carbocycles. The van der Waals surface area contributed by atoms with Crippen molar-refractivity contribution < 1.29 is 0 Å². The zero-order valence-electron chi connectivity index (χ0n) is 60.1. The molecule has 0 bridgehead atoms. The molecular weight excluding hydrogens is 1350 g/mol. The second kappa shape index (κ2) is 27.2. The molecule has 0 saturated heterocycles. The molecule has 8 heteroatoms. The van der Waals surface area contributed by atoms with Gasteiger partial charge in [-0.25, -0.2) is 0 Å². The van der Waals surface area contributed by atoms with Gasteiger partial charge in [-0.15, -0.1) is 0 Å². The topological polar surface area (TPSA) is 16.2 Å². The van der Waals surface area contributed by atoms with E-state index in [4.69, 9.17) is 0 Å². The van der Waals surface area contributed by atoms with Crippen molar-refractivity contribution in [2.24, 2.45) is 0 Å². The molecule has 21 rings (SSSR count). The molecule has 110 heavy (non-hydrogen) atoms. The number of nitrogens with zero attached hydrogens (tertiary/aromatic N) is 5. The number of fused-ring (bicyclic) bond motifs is 8. The molecule has 17 aromatic carbocycles. The summed E-state index contributed by atoms with van der Waals surface area (Å²) in [5, 5.41) is 0. The van der Waals surface area contributed by atoms with Crippen LogP contribution in [0, 0.1) is 0 Å². The molecule has 0 radical (unpaired) electrons. The molecule has 17 aromatic rings. The third-order valence-electron chi connectivity index (χ3n) is 22.4. The van der Waals surface area contributed by atoms with Crippen molar-refractivity contribution in [3.05, 3.63) is 419 Å². The van der Waals surface area contributed by atoms with Crippen LogP contribution in [-0.2, 0) is 0 Å². The van der Waals surface area contributed by atoms with Crippen LogP contribution < -0.4 is 57.3 Å². The number of para-hydroxylation sites is 8. The lowest BCUT2D eigenvalue weighted by atomic mass is 9.30. The molecule has 4 aliphatic rings. The number of hydrogen-bond donors (Lipinski definition) is 0. The van der Waals surface area contributed by atoms with Crippen LogP contribution in [0.5, 0.6) is 0 Å². The van der Waals surface area contributed by atoms with E-state index in [-0.39, 0.29) is 13.4 Å². The molecule has 0 fully saturated rings. The summed E-state index contributed by atoms with van der Waals surface area (Å²) >= 11 is 1.89. The van der Waals surface area contributed by atoms with E-state index < -0.39 is 0 Å². The van der Waals surface area contributed by atoms with Crippen LogP contribution >= 0.6 is 11.8 Å². The monoisotopic (exact) mass is 1420 g/mol. The molecule has 0 atom stereocenters. The van der Waals surface area contributed by atoms with Crippen molar-refractivity contribution >= 4 is 143 Å². The Kier molecular flexibility index (Phi) is 16.0. The van der Waals surface area contributed by atoms with E-state index >= 15 is 0 Å². The van der Waals surface area contributed by atoms with Crippen molar-refractivity contribution in [3.8, 4) is 55.6 Å². The number of benzene rings is 17. The van der Waals surface area contributed by atoms with Crippen molar-refractivity contribution in [2.45, 2.75) is 9.79 Å². The summed E-state index contributed by atoms with van der Waals surface area (Å²) in [6.45, 7) is -0.447. The van der Waals surface area contributed by atoms with Crippen LogP contribution in [0.1, 0.15) is 0 Å². The van der Waals surface area contributed by atoms with Crippen LogP contribution in [0.25, 0.3) is 55.6 Å². The lowest BCUT2D eigenvalue weighted by Crippen LogP contribution is -2.64. The molecule has 0 N–H and O–H groups in total. The molecule has 4 heterocycles. The van der Waals surface area contributed by atoms with Gasteiger partial charge in [0.25, 0.3) is 6.71 Å². The van der Waals surface area contributed by atoms with E-state index in [0.717, 1.165) is 141 Å². The molecule has 0 amide bonds. The van der Waals surface area contributed by atoms with Gasteiger partial charge in [-0.2, -0.15) is 0 Å². The van der Waals surface area contributed by atoms with E-state index in [1.54, 1.807) is 0 Å². The van der Waals surface area contributed by atoms with Crippen molar-refractivity contribution in [1.29, 1.82) is 0 Å². The van der Waals surface area contributed by atoms with Gasteiger partial charge < -0.3 is 24.5 Å². The van der Waals surface area contributed by atoms with Crippen LogP contribution in [0.4, 0.5) is 85.3 Å². The van der Waals surface area contributed by atoms with Crippen LogP contribution in [0.3, 0.4) is 0 Å². The average Bonchev–Trinajstić information content (AvgIpc) is 0.681. The van der Waals surface area contributed by atoms with Crippen LogP contribution in [0.2, 0.25) is 0 Å². The maximum atomic E-state index is 2.71. The third-order valence-corrected chi connectivity index (χ3v) is 23.6. The minimum atomic E-state index is -0.279. The Hall–Kier alpha value is -13.8. The Morgan fingerprint density at radius 2 is 0.582 bits per heavy atom. The molecule has 5 nitrogen and oxygen atoms in total. The maximum absolute atomic E-state index is 2.71. The first-order valence-corrected chi connectivity index (χ1v) is 38.7. The lowest BCUT2D eigenvalue weighted by Gasteiger charge is -2.47. The fourth-order valence-electron chi connectivity index (χ4n) is 17.8. The predicted octanol–water partition coefficient (Wildman–Crippen LogP) is 23.8. The highest BCUT2D eigenvalue weighted by molar-refractivity contribution is 8.00. The third kappa shape index (κ3) is 10.8. The minimum absolute atomic E-state index is 0.168. The highest BCUT2D eigenvalue weighted by Crippen LogP contribution is 2.56. The van der Waals surface area contributed by atoms with Crippen molar-refractivity contribution in [1.82, 2.24) is 0 Å². The predicted molar refractivity (Wildman–Crippen MR) is 467 cm³/mol. The van der Waals surface area contributed by atoms with Crippen molar-refractivity contribution in [2.75, 3.05) is 24.5 Å². The molecule has 514 valence electrons. The maximum Gasteiger partial charge on any atom is 0.252 e. The SMILES string of the molecule is c1ccc(-c2ccccc2N(c2ccccc2)c2cc3c4c(c2)N(c2ccccc2)c2cc5c(cc2B4c2ccccc2S3)B2c3ccccc3N(c3ccccc3-c3ccccc3)c3cc(N(c4ccccc4)c4ccccc4-c4ccccc4)cc(c32)N5c2c(-c3ccccc3)cccc2-c2ccccc2)cc1. The van der Waals surface area contributed by atoms with E-state index in [1.807, 2.05) is 11.8 Å². The second-order valence-electron chi connectivity index (χ2n) is 28.6. The first-order valence-electron chi connectivity index (χ1n) is 37.9. The van der Waals surface area contributed by atoms with Gasteiger partial charge in [0, 0.05) is 94.5 Å². The van der Waals surface area contributed by atoms with E-state index in [9.17, 15) is 0 Å². The Labute approximate surface area is 647 Å². The van der Waals surface area contributed by atoms with Crippen LogP contribution in [-0.4, -0.2) is 13.4 Å². The summed E-state index contributed by atoms with van der Waals surface area (Å²) in [6.07, 6.45) is 0. The summed E-state index contributed by atoms with van der Waals surface area (Å²) in [5.74, 6) is 0. The van der Waals surface area contributed by atoms with Gasteiger partial charge in [0.1, 0.15) is 0 Å². The number of rotatable bonds is 14. The van der Waals surface area contributed by atoms with Gasteiger partial charge in [0.2, 0.25) is 6.71 Å². The highest BCUT2D eigenvalue weighted by Gasteiger charge is 2.49. The van der Waals surface area contributed by atoms with Crippen molar-refractivity contribution in [3.63, 3.8) is 0 Å².